The van der Waals surface area contributed by atoms with Crippen molar-refractivity contribution in [2.24, 2.45) is 0 Å². The lowest BCUT2D eigenvalue weighted by atomic mass is 10.1. The lowest BCUT2D eigenvalue weighted by molar-refractivity contribution is -0.136. The predicted molar refractivity (Wildman–Crippen MR) is 125 cm³/mol. The summed E-state index contributed by atoms with van der Waals surface area (Å²) in [5.74, 6) is -0.842. The number of piperidine rings is 1. The van der Waals surface area contributed by atoms with Crippen molar-refractivity contribution in [1.82, 2.24) is 14.3 Å². The molecule has 1 atom stereocenters. The smallest absolute Gasteiger partial charge is 0.420 e. The highest BCUT2D eigenvalue weighted by Crippen LogP contribution is 2.38. The van der Waals surface area contributed by atoms with Crippen LogP contribution in [0.15, 0.2) is 70.5 Å². The summed E-state index contributed by atoms with van der Waals surface area (Å²) in [4.78, 5) is 18.7. The van der Waals surface area contributed by atoms with E-state index in [0.717, 1.165) is 15.4 Å². The SMILES string of the molecule is O=C(c1nc2c(C(F)(F)F)cc(-c3ccoc3)cn2c1Cl)N1CCCCC1S(=O)(=O)c1ccccc1. The van der Waals surface area contributed by atoms with E-state index in [4.69, 9.17) is 16.0 Å². The summed E-state index contributed by atoms with van der Waals surface area (Å²) >= 11 is 6.42. The average Bonchev–Trinajstić information content (AvgIpc) is 3.52. The monoisotopic (exact) mass is 537 g/mol. The van der Waals surface area contributed by atoms with Crippen molar-refractivity contribution < 1.29 is 30.8 Å². The van der Waals surface area contributed by atoms with Crippen molar-refractivity contribution in [3.05, 3.63) is 77.6 Å². The van der Waals surface area contributed by atoms with E-state index in [-0.39, 0.29) is 28.6 Å². The van der Waals surface area contributed by atoms with Gasteiger partial charge in [0.2, 0.25) is 0 Å². The molecule has 1 fully saturated rings. The third kappa shape index (κ3) is 4.16. The van der Waals surface area contributed by atoms with Crippen LogP contribution in [0.5, 0.6) is 0 Å². The molecule has 0 saturated carbocycles. The van der Waals surface area contributed by atoms with Gasteiger partial charge in [0.05, 0.1) is 23.0 Å². The van der Waals surface area contributed by atoms with Crippen LogP contribution in [0, 0.1) is 0 Å². The van der Waals surface area contributed by atoms with Crippen molar-refractivity contribution in [3.8, 4) is 11.1 Å². The Kier molecular flexibility index (Phi) is 6.08. The number of hydrogen-bond donors (Lipinski definition) is 0. The number of furan rings is 1. The van der Waals surface area contributed by atoms with Crippen LogP contribution in [-0.2, 0) is 16.0 Å². The summed E-state index contributed by atoms with van der Waals surface area (Å²) in [6.45, 7) is 0.103. The van der Waals surface area contributed by atoms with E-state index in [0.29, 0.717) is 18.4 Å². The van der Waals surface area contributed by atoms with Gasteiger partial charge in [-0.1, -0.05) is 29.8 Å². The minimum atomic E-state index is -4.79. The van der Waals surface area contributed by atoms with E-state index in [1.54, 1.807) is 18.2 Å². The second kappa shape index (κ2) is 8.97. The third-order valence-electron chi connectivity index (χ3n) is 6.16. The lowest BCUT2D eigenvalue weighted by Crippen LogP contribution is -2.48. The molecule has 1 aromatic carbocycles. The van der Waals surface area contributed by atoms with Crippen LogP contribution in [-0.4, -0.2) is 40.5 Å². The van der Waals surface area contributed by atoms with Crippen molar-refractivity contribution in [1.29, 1.82) is 0 Å². The number of amides is 1. The fourth-order valence-electron chi connectivity index (χ4n) is 4.41. The van der Waals surface area contributed by atoms with Crippen molar-refractivity contribution in [2.75, 3.05) is 6.54 Å². The summed E-state index contributed by atoms with van der Waals surface area (Å²) in [6.07, 6.45) is 0.441. The van der Waals surface area contributed by atoms with E-state index in [2.05, 4.69) is 4.98 Å². The number of halogens is 4. The molecule has 5 rings (SSSR count). The normalized spacial score (nSPS) is 17.0. The number of likely N-dealkylation sites (tertiary alicyclic amines) is 1. The molecule has 0 spiro atoms. The van der Waals surface area contributed by atoms with Crippen LogP contribution >= 0.6 is 11.6 Å². The summed E-state index contributed by atoms with van der Waals surface area (Å²) in [6, 6.07) is 10.1. The molecule has 3 aromatic heterocycles. The molecule has 1 aliphatic rings. The van der Waals surface area contributed by atoms with Crippen LogP contribution < -0.4 is 0 Å². The van der Waals surface area contributed by atoms with Gasteiger partial charge in [0, 0.05) is 23.9 Å². The molecule has 4 aromatic rings. The van der Waals surface area contributed by atoms with Gasteiger partial charge >= 0.3 is 6.18 Å². The molecule has 0 radical (unpaired) electrons. The molecule has 1 amide bonds. The van der Waals surface area contributed by atoms with Crippen molar-refractivity contribution in [2.45, 2.75) is 35.7 Å². The highest BCUT2D eigenvalue weighted by molar-refractivity contribution is 7.92. The van der Waals surface area contributed by atoms with E-state index >= 15 is 0 Å². The van der Waals surface area contributed by atoms with Crippen LogP contribution in [0.1, 0.15) is 35.3 Å². The number of aromatic nitrogens is 2. The maximum absolute atomic E-state index is 13.9. The maximum atomic E-state index is 13.9. The van der Waals surface area contributed by atoms with E-state index < -0.39 is 44.2 Å². The summed E-state index contributed by atoms with van der Waals surface area (Å²) in [7, 11) is -3.94. The number of benzene rings is 1. The quantitative estimate of drug-likeness (QED) is 0.334. The van der Waals surface area contributed by atoms with Gasteiger partial charge in [-0.25, -0.2) is 13.4 Å². The van der Waals surface area contributed by atoms with Crippen LogP contribution in [0.25, 0.3) is 16.8 Å². The topological polar surface area (TPSA) is 84.9 Å². The molecular weight excluding hydrogens is 519 g/mol. The van der Waals surface area contributed by atoms with Gasteiger partial charge in [-0.2, -0.15) is 13.2 Å². The molecule has 4 heterocycles. The second-order valence-corrected chi connectivity index (χ2v) is 10.9. The highest BCUT2D eigenvalue weighted by atomic mass is 35.5. The standard InChI is InChI=1S/C24H19ClF3N3O4S/c25-21-20(23(32)30-10-5-4-8-19(30)36(33,34)17-6-2-1-3-7-17)29-22-18(24(26,27)28)12-16(13-31(21)22)15-9-11-35-14-15/h1-3,6-7,9,11-14,19H,4-5,8,10H2. The van der Waals surface area contributed by atoms with Crippen molar-refractivity contribution in [3.63, 3.8) is 0 Å². The lowest BCUT2D eigenvalue weighted by Gasteiger charge is -2.34. The molecule has 1 aliphatic heterocycles. The first-order valence-corrected chi connectivity index (χ1v) is 12.9. The molecule has 7 nitrogen and oxygen atoms in total. The first kappa shape index (κ1) is 24.4. The number of pyridine rings is 1. The number of sulfone groups is 1. The number of imidazole rings is 1. The molecule has 188 valence electrons. The minimum Gasteiger partial charge on any atom is -0.472 e. The molecule has 1 unspecified atom stereocenters. The molecular formula is C24H19ClF3N3O4S. The Morgan fingerprint density at radius 1 is 1.11 bits per heavy atom. The fraction of sp³-hybridized carbons (Fsp3) is 0.250. The van der Waals surface area contributed by atoms with Gasteiger partial charge in [0.15, 0.2) is 21.2 Å². The number of rotatable bonds is 4. The Morgan fingerprint density at radius 2 is 1.86 bits per heavy atom. The Labute approximate surface area is 209 Å². The first-order chi connectivity index (χ1) is 17.1. The first-order valence-electron chi connectivity index (χ1n) is 11.0. The summed E-state index contributed by atoms with van der Waals surface area (Å²) in [5.41, 5.74) is -1.55. The number of fused-ring (bicyclic) bond motifs is 1. The average molecular weight is 538 g/mol. The number of carbonyl (C=O) groups is 1. The van der Waals surface area contributed by atoms with Crippen LogP contribution in [0.3, 0.4) is 0 Å². The maximum Gasteiger partial charge on any atom is 0.420 e. The number of nitrogens with zero attached hydrogens (tertiary/aromatic N) is 3. The van der Waals surface area contributed by atoms with Crippen LogP contribution in [0.4, 0.5) is 13.2 Å². The molecule has 1 saturated heterocycles. The molecule has 0 aliphatic carbocycles. The minimum absolute atomic E-state index is 0.0555. The fourth-order valence-corrected chi connectivity index (χ4v) is 6.52. The van der Waals surface area contributed by atoms with Crippen molar-refractivity contribution >= 4 is 33.0 Å². The molecule has 12 heteroatoms. The second-order valence-electron chi connectivity index (χ2n) is 8.40. The van der Waals surface area contributed by atoms with Gasteiger partial charge in [0.1, 0.15) is 10.5 Å². The zero-order chi connectivity index (χ0) is 25.7. The van der Waals surface area contributed by atoms with E-state index in [9.17, 15) is 26.4 Å². The van der Waals surface area contributed by atoms with E-state index in [1.165, 1.54) is 36.9 Å². The number of carbonyl (C=O) groups excluding carboxylic acids is 1. The van der Waals surface area contributed by atoms with Gasteiger partial charge < -0.3 is 9.32 Å². The predicted octanol–water partition coefficient (Wildman–Crippen LogP) is 5.69. The zero-order valence-electron chi connectivity index (χ0n) is 18.6. The third-order valence-corrected chi connectivity index (χ3v) is 8.66. The molecule has 36 heavy (non-hydrogen) atoms. The Balaban J connectivity index is 1.62. The summed E-state index contributed by atoms with van der Waals surface area (Å²) in [5, 5.41) is -1.53. The van der Waals surface area contributed by atoms with Gasteiger partial charge in [-0.3, -0.25) is 9.20 Å². The Morgan fingerprint density at radius 3 is 2.53 bits per heavy atom. The molecule has 0 bridgehead atoms. The van der Waals surface area contributed by atoms with Crippen LogP contribution in [0.2, 0.25) is 5.15 Å². The molecule has 0 N–H and O–H groups in total. The number of alkyl halides is 3. The Hall–Kier alpha value is -3.31. The van der Waals surface area contributed by atoms with Gasteiger partial charge in [0.25, 0.3) is 5.91 Å². The Bertz CT molecular complexity index is 1530. The zero-order valence-corrected chi connectivity index (χ0v) is 20.1. The van der Waals surface area contributed by atoms with E-state index in [1.807, 2.05) is 0 Å². The highest BCUT2D eigenvalue weighted by Gasteiger charge is 2.41. The number of hydrogen-bond acceptors (Lipinski definition) is 5. The van der Waals surface area contributed by atoms with Gasteiger partial charge in [-0.15, -0.1) is 0 Å². The summed E-state index contributed by atoms with van der Waals surface area (Å²) < 4.78 is 74.5. The largest absolute Gasteiger partial charge is 0.472 e. The van der Waals surface area contributed by atoms with Gasteiger partial charge in [-0.05, 0) is 43.5 Å².